The number of aromatic nitrogens is 1. The summed E-state index contributed by atoms with van der Waals surface area (Å²) in [4.78, 5) is 32.1. The molecule has 0 radical (unpaired) electrons. The number of nitrogens with zero attached hydrogens (tertiary/aromatic N) is 2. The van der Waals surface area contributed by atoms with E-state index in [2.05, 4.69) is 11.6 Å². The van der Waals surface area contributed by atoms with E-state index in [1.165, 1.54) is 17.4 Å². The van der Waals surface area contributed by atoms with Crippen LogP contribution < -0.4 is 19.6 Å². The van der Waals surface area contributed by atoms with Crippen LogP contribution in [0.25, 0.3) is 16.8 Å². The molecule has 0 N–H and O–H groups in total. The van der Waals surface area contributed by atoms with E-state index < -0.39 is 12.0 Å². The summed E-state index contributed by atoms with van der Waals surface area (Å²) in [6.45, 7) is 5.45. The first-order chi connectivity index (χ1) is 17.5. The maximum Gasteiger partial charge on any atom is 0.338 e. The number of esters is 1. The van der Waals surface area contributed by atoms with Crippen LogP contribution >= 0.6 is 11.3 Å². The van der Waals surface area contributed by atoms with E-state index in [0.29, 0.717) is 26.4 Å². The van der Waals surface area contributed by atoms with Crippen molar-refractivity contribution >= 4 is 34.2 Å². The summed E-state index contributed by atoms with van der Waals surface area (Å²) in [5, 5.41) is 2.15. The zero-order valence-corrected chi connectivity index (χ0v) is 20.7. The fourth-order valence-corrected chi connectivity index (χ4v) is 5.45. The average molecular weight is 497 g/mol. The quantitative estimate of drug-likeness (QED) is 0.297. The molecule has 0 aliphatic carbocycles. The molecule has 0 fully saturated rings. The maximum absolute atomic E-state index is 13.8. The number of ether oxygens (including phenoxy) is 2. The molecular formula is C29H24N2O4S. The topological polar surface area (TPSA) is 69.9 Å². The van der Waals surface area contributed by atoms with Gasteiger partial charge in [0.1, 0.15) is 12.4 Å². The Hall–Kier alpha value is -4.23. The molecule has 0 saturated carbocycles. The minimum absolute atomic E-state index is 0.0659. The Morgan fingerprint density at radius 1 is 1.11 bits per heavy atom. The molecular weight excluding hydrogens is 472 g/mol. The molecule has 0 saturated heterocycles. The van der Waals surface area contributed by atoms with Crippen LogP contribution in [-0.4, -0.2) is 24.3 Å². The van der Waals surface area contributed by atoms with Crippen molar-refractivity contribution in [1.29, 1.82) is 0 Å². The van der Waals surface area contributed by atoms with Crippen molar-refractivity contribution in [2.75, 3.05) is 13.7 Å². The summed E-state index contributed by atoms with van der Waals surface area (Å²) < 4.78 is 12.8. The van der Waals surface area contributed by atoms with Crippen molar-refractivity contribution in [3.63, 3.8) is 0 Å². The summed E-state index contributed by atoms with van der Waals surface area (Å²) in [5.41, 5.74) is 2.33. The average Bonchev–Trinajstić information content (AvgIpc) is 3.20. The van der Waals surface area contributed by atoms with Crippen molar-refractivity contribution in [2.24, 2.45) is 4.99 Å². The number of carbonyl (C=O) groups is 1. The number of allylic oxidation sites excluding steroid dienone is 1. The van der Waals surface area contributed by atoms with Crippen LogP contribution in [0.4, 0.5) is 0 Å². The molecule has 0 amide bonds. The van der Waals surface area contributed by atoms with Gasteiger partial charge in [-0.25, -0.2) is 9.79 Å². The third kappa shape index (κ3) is 4.18. The first-order valence-corrected chi connectivity index (χ1v) is 12.3. The maximum atomic E-state index is 13.8. The Morgan fingerprint density at radius 3 is 2.61 bits per heavy atom. The summed E-state index contributed by atoms with van der Waals surface area (Å²) in [5.74, 6) is 0.152. The molecule has 1 aliphatic heterocycles. The second kappa shape index (κ2) is 9.79. The van der Waals surface area contributed by atoms with E-state index in [-0.39, 0.29) is 12.2 Å². The number of methoxy groups -OCH3 is 1. The van der Waals surface area contributed by atoms with Crippen molar-refractivity contribution in [3.8, 4) is 5.75 Å². The van der Waals surface area contributed by atoms with Gasteiger partial charge in [0, 0.05) is 0 Å². The predicted octanol–water partition coefficient (Wildman–Crippen LogP) is 4.13. The Labute approximate surface area is 211 Å². The van der Waals surface area contributed by atoms with Crippen LogP contribution in [-0.2, 0) is 9.53 Å². The molecule has 3 aromatic carbocycles. The molecule has 1 atom stereocenters. The molecule has 7 heteroatoms. The second-order valence-electron chi connectivity index (χ2n) is 8.31. The van der Waals surface area contributed by atoms with Crippen LogP contribution in [0, 0.1) is 0 Å². The molecule has 1 unspecified atom stereocenters. The zero-order chi connectivity index (χ0) is 25.2. The number of rotatable bonds is 6. The Kier molecular flexibility index (Phi) is 6.40. The lowest BCUT2D eigenvalue weighted by Gasteiger charge is -2.24. The van der Waals surface area contributed by atoms with Gasteiger partial charge in [0.05, 0.1) is 29.0 Å². The highest BCUT2D eigenvalue weighted by Crippen LogP contribution is 2.31. The highest BCUT2D eigenvalue weighted by Gasteiger charge is 2.33. The minimum Gasteiger partial charge on any atom is -0.497 e. The third-order valence-corrected chi connectivity index (χ3v) is 7.10. The van der Waals surface area contributed by atoms with Gasteiger partial charge in [0.15, 0.2) is 4.80 Å². The number of thiazole rings is 1. The molecule has 0 spiro atoms. The lowest BCUT2D eigenvalue weighted by atomic mass is 9.96. The van der Waals surface area contributed by atoms with Crippen molar-refractivity contribution < 1.29 is 14.3 Å². The molecule has 2 heterocycles. The van der Waals surface area contributed by atoms with Crippen molar-refractivity contribution in [3.05, 3.63) is 121 Å². The first kappa shape index (κ1) is 23.5. The van der Waals surface area contributed by atoms with E-state index in [9.17, 15) is 9.59 Å². The molecule has 180 valence electrons. The molecule has 36 heavy (non-hydrogen) atoms. The van der Waals surface area contributed by atoms with Gasteiger partial charge < -0.3 is 9.47 Å². The molecule has 1 aliphatic rings. The summed E-state index contributed by atoms with van der Waals surface area (Å²) in [7, 11) is 1.59. The normalized spacial score (nSPS) is 15.4. The van der Waals surface area contributed by atoms with Gasteiger partial charge in [-0.3, -0.25) is 9.36 Å². The number of hydrogen-bond acceptors (Lipinski definition) is 6. The second-order valence-corrected chi connectivity index (χ2v) is 9.32. The third-order valence-electron chi connectivity index (χ3n) is 6.12. The largest absolute Gasteiger partial charge is 0.497 e. The van der Waals surface area contributed by atoms with Gasteiger partial charge in [0.2, 0.25) is 0 Å². The number of benzene rings is 3. The SMILES string of the molecule is C=CCOC(=O)C1=C(C)N=c2sc(=Cc3cccc4ccccc34)c(=O)n2C1c1ccc(OC)cc1. The van der Waals surface area contributed by atoms with E-state index in [1.807, 2.05) is 72.8 Å². The summed E-state index contributed by atoms with van der Waals surface area (Å²) in [6.07, 6.45) is 3.40. The van der Waals surface area contributed by atoms with Crippen LogP contribution in [0.15, 0.2) is 100 Å². The first-order valence-electron chi connectivity index (χ1n) is 11.4. The molecule has 0 bridgehead atoms. The van der Waals surface area contributed by atoms with Gasteiger partial charge in [-0.05, 0) is 47.0 Å². The smallest absolute Gasteiger partial charge is 0.338 e. The molecule has 4 aromatic rings. The van der Waals surface area contributed by atoms with Gasteiger partial charge >= 0.3 is 5.97 Å². The highest BCUT2D eigenvalue weighted by atomic mass is 32.1. The van der Waals surface area contributed by atoms with Crippen molar-refractivity contribution in [1.82, 2.24) is 4.57 Å². The molecule has 1 aromatic heterocycles. The number of fused-ring (bicyclic) bond motifs is 2. The van der Waals surface area contributed by atoms with Crippen LogP contribution in [0.2, 0.25) is 0 Å². The van der Waals surface area contributed by atoms with Crippen LogP contribution in [0.5, 0.6) is 5.75 Å². The summed E-state index contributed by atoms with van der Waals surface area (Å²) in [6, 6.07) is 20.7. The van der Waals surface area contributed by atoms with Crippen molar-refractivity contribution in [2.45, 2.75) is 13.0 Å². The van der Waals surface area contributed by atoms with Gasteiger partial charge in [-0.15, -0.1) is 0 Å². The van der Waals surface area contributed by atoms with Gasteiger partial charge in [0.25, 0.3) is 5.56 Å². The standard InChI is InChI=1S/C29H24N2O4S/c1-4-16-35-28(33)25-18(2)30-29-31(26(25)20-12-14-22(34-3)15-13-20)27(32)24(36-29)17-21-10-7-9-19-8-5-6-11-23(19)21/h4-15,17,26H,1,16H2,2-3H3. The highest BCUT2D eigenvalue weighted by molar-refractivity contribution is 7.07. The fourth-order valence-electron chi connectivity index (χ4n) is 4.41. The predicted molar refractivity (Wildman–Crippen MR) is 142 cm³/mol. The Balaban J connectivity index is 1.72. The lowest BCUT2D eigenvalue weighted by molar-refractivity contribution is -0.138. The minimum atomic E-state index is -0.681. The molecule has 5 rings (SSSR count). The Bertz CT molecular complexity index is 1690. The van der Waals surface area contributed by atoms with Gasteiger partial charge in [-0.2, -0.15) is 0 Å². The van der Waals surface area contributed by atoms with E-state index >= 15 is 0 Å². The monoisotopic (exact) mass is 496 g/mol. The lowest BCUT2D eigenvalue weighted by Crippen LogP contribution is -2.39. The van der Waals surface area contributed by atoms with Gasteiger partial charge in [-0.1, -0.05) is 78.6 Å². The fraction of sp³-hybridized carbons (Fsp3) is 0.138. The van der Waals surface area contributed by atoms with E-state index in [4.69, 9.17) is 9.47 Å². The van der Waals surface area contributed by atoms with Crippen LogP contribution in [0.1, 0.15) is 24.1 Å². The van der Waals surface area contributed by atoms with Crippen LogP contribution in [0.3, 0.4) is 0 Å². The Morgan fingerprint density at radius 2 is 1.86 bits per heavy atom. The van der Waals surface area contributed by atoms with E-state index in [0.717, 1.165) is 21.9 Å². The zero-order valence-electron chi connectivity index (χ0n) is 19.9. The number of hydrogen-bond donors (Lipinski definition) is 0. The summed E-state index contributed by atoms with van der Waals surface area (Å²) >= 11 is 1.31. The molecule has 6 nitrogen and oxygen atoms in total. The van der Waals surface area contributed by atoms with E-state index in [1.54, 1.807) is 18.6 Å². The number of carbonyl (C=O) groups excluding carboxylic acids is 1.